The lowest BCUT2D eigenvalue weighted by molar-refractivity contribution is -0.140. The molecule has 1 N–H and O–H groups in total. The van der Waals surface area contributed by atoms with Crippen molar-refractivity contribution in [1.82, 2.24) is 10.2 Å². The number of carbonyl (C=O) groups excluding carboxylic acids is 2. The van der Waals surface area contributed by atoms with Crippen LogP contribution in [0.5, 0.6) is 0 Å². The second kappa shape index (κ2) is 10.5. The molecule has 0 aliphatic carbocycles. The van der Waals surface area contributed by atoms with Gasteiger partial charge in [0.05, 0.1) is 0 Å². The van der Waals surface area contributed by atoms with E-state index >= 15 is 0 Å². The third-order valence-electron chi connectivity index (χ3n) is 5.35. The number of halogens is 1. The average Bonchev–Trinajstić information content (AvgIpc) is 2.76. The van der Waals surface area contributed by atoms with E-state index in [9.17, 15) is 9.59 Å². The lowest BCUT2D eigenvalue weighted by atomic mass is 10.0. The van der Waals surface area contributed by atoms with Crippen LogP contribution < -0.4 is 5.32 Å². The Morgan fingerprint density at radius 3 is 2.32 bits per heavy atom. The topological polar surface area (TPSA) is 49.4 Å². The average molecular weight is 437 g/mol. The molecule has 0 aromatic heterocycles. The smallest absolute Gasteiger partial charge is 0.242 e. The van der Waals surface area contributed by atoms with Gasteiger partial charge in [0.2, 0.25) is 11.8 Å². The largest absolute Gasteiger partial charge is 0.352 e. The monoisotopic (exact) mass is 436 g/mol. The molecule has 0 fully saturated rings. The van der Waals surface area contributed by atoms with Crippen LogP contribution in [0.3, 0.4) is 0 Å². The van der Waals surface area contributed by atoms with Crippen molar-refractivity contribution >= 4 is 34.2 Å². The van der Waals surface area contributed by atoms with Gasteiger partial charge in [0.1, 0.15) is 6.04 Å². The van der Waals surface area contributed by atoms with Crippen LogP contribution in [0.4, 0.5) is 0 Å². The molecule has 0 bridgehead atoms. The summed E-state index contributed by atoms with van der Waals surface area (Å²) in [6, 6.07) is 21.2. The van der Waals surface area contributed by atoms with Crippen LogP contribution in [-0.4, -0.2) is 28.8 Å². The van der Waals surface area contributed by atoms with Crippen molar-refractivity contribution < 1.29 is 9.59 Å². The summed E-state index contributed by atoms with van der Waals surface area (Å²) in [5.74, 6) is -0.197. The summed E-state index contributed by atoms with van der Waals surface area (Å²) in [6.07, 6.45) is 0.955. The van der Waals surface area contributed by atoms with Gasteiger partial charge in [0.25, 0.3) is 0 Å². The Labute approximate surface area is 189 Å². The molecule has 3 rings (SSSR count). The number of carbonyl (C=O) groups is 2. The Hall–Kier alpha value is -2.85. The third kappa shape index (κ3) is 6.08. The predicted octanol–water partition coefficient (Wildman–Crippen LogP) is 5.37. The summed E-state index contributed by atoms with van der Waals surface area (Å²) in [5, 5.41) is 5.88. The molecule has 0 unspecified atom stereocenters. The first-order chi connectivity index (χ1) is 14.8. The van der Waals surface area contributed by atoms with Gasteiger partial charge in [-0.05, 0) is 61.2 Å². The fraction of sp³-hybridized carbons (Fsp3) is 0.308. The van der Waals surface area contributed by atoms with E-state index < -0.39 is 6.04 Å². The number of amides is 2. The lowest BCUT2D eigenvalue weighted by Crippen LogP contribution is -2.49. The maximum Gasteiger partial charge on any atom is 0.242 e. The van der Waals surface area contributed by atoms with Gasteiger partial charge in [-0.3, -0.25) is 9.59 Å². The van der Waals surface area contributed by atoms with E-state index in [0.29, 0.717) is 24.4 Å². The number of benzene rings is 3. The molecule has 0 saturated heterocycles. The number of nitrogens with zero attached hydrogens (tertiary/aromatic N) is 1. The van der Waals surface area contributed by atoms with Crippen molar-refractivity contribution in [2.45, 2.75) is 52.2 Å². The van der Waals surface area contributed by atoms with Crippen LogP contribution in [0, 0.1) is 0 Å². The molecule has 1 atom stereocenters. The highest BCUT2D eigenvalue weighted by Crippen LogP contribution is 2.21. The molecular formula is C26H29ClN2O2. The van der Waals surface area contributed by atoms with E-state index in [2.05, 4.69) is 29.6 Å². The van der Waals surface area contributed by atoms with E-state index in [1.54, 1.807) is 24.0 Å². The highest BCUT2D eigenvalue weighted by Gasteiger charge is 2.26. The Bertz CT molecular complexity index is 1040. The number of hydrogen-bond acceptors (Lipinski definition) is 2. The maximum absolute atomic E-state index is 13.3. The van der Waals surface area contributed by atoms with Gasteiger partial charge >= 0.3 is 0 Å². The van der Waals surface area contributed by atoms with Gasteiger partial charge in [-0.25, -0.2) is 0 Å². The van der Waals surface area contributed by atoms with Crippen LogP contribution in [0.1, 0.15) is 38.3 Å². The van der Waals surface area contributed by atoms with E-state index in [0.717, 1.165) is 21.9 Å². The zero-order chi connectivity index (χ0) is 22.4. The standard InChI is InChI=1S/C26H29ClN2O2/c1-18(2)28-26(31)19(3)29(17-20-11-14-23(27)15-12-20)25(30)16-13-22-9-6-8-21-7-4-5-10-24(21)22/h4-12,14-15,18-19H,13,16-17H2,1-3H3,(H,28,31)/t19-/m0/s1. The molecule has 0 spiro atoms. The number of nitrogens with one attached hydrogen (secondary N) is 1. The molecule has 0 saturated carbocycles. The van der Waals surface area contributed by atoms with Crippen molar-refractivity contribution in [3.8, 4) is 0 Å². The molecule has 162 valence electrons. The van der Waals surface area contributed by atoms with E-state index in [4.69, 9.17) is 11.6 Å². The quantitative estimate of drug-likeness (QED) is 0.516. The molecule has 0 aliphatic rings. The van der Waals surface area contributed by atoms with Gasteiger partial charge < -0.3 is 10.2 Å². The SMILES string of the molecule is CC(C)NC(=O)[C@H](C)N(Cc1ccc(Cl)cc1)C(=O)CCc1cccc2ccccc12. The fourth-order valence-corrected chi connectivity index (χ4v) is 3.80. The minimum atomic E-state index is -0.571. The Balaban J connectivity index is 1.78. The molecule has 3 aromatic carbocycles. The summed E-state index contributed by atoms with van der Waals surface area (Å²) < 4.78 is 0. The summed E-state index contributed by atoms with van der Waals surface area (Å²) in [4.78, 5) is 27.6. The van der Waals surface area contributed by atoms with Gasteiger partial charge in [0.15, 0.2) is 0 Å². The van der Waals surface area contributed by atoms with Crippen molar-refractivity contribution in [2.75, 3.05) is 0 Å². The number of hydrogen-bond donors (Lipinski definition) is 1. The zero-order valence-electron chi connectivity index (χ0n) is 18.3. The van der Waals surface area contributed by atoms with Crippen LogP contribution in [-0.2, 0) is 22.6 Å². The Kier molecular flexibility index (Phi) is 7.69. The number of aryl methyl sites for hydroxylation is 1. The molecule has 5 heteroatoms. The number of rotatable bonds is 8. The van der Waals surface area contributed by atoms with Gasteiger partial charge in [-0.2, -0.15) is 0 Å². The van der Waals surface area contributed by atoms with Crippen molar-refractivity contribution in [3.05, 3.63) is 82.9 Å². The van der Waals surface area contributed by atoms with Crippen LogP contribution in [0.2, 0.25) is 5.02 Å². The first kappa shape index (κ1) is 22.8. The zero-order valence-corrected chi connectivity index (χ0v) is 19.0. The fourth-order valence-electron chi connectivity index (χ4n) is 3.67. The summed E-state index contributed by atoms with van der Waals surface area (Å²) >= 11 is 6.00. The minimum absolute atomic E-state index is 0.0121. The molecule has 31 heavy (non-hydrogen) atoms. The first-order valence-corrected chi connectivity index (χ1v) is 11.0. The molecule has 0 radical (unpaired) electrons. The third-order valence-corrected chi connectivity index (χ3v) is 5.60. The second-order valence-corrected chi connectivity index (χ2v) is 8.56. The molecular weight excluding hydrogens is 408 g/mol. The van der Waals surface area contributed by atoms with E-state index in [-0.39, 0.29) is 17.9 Å². The van der Waals surface area contributed by atoms with Crippen molar-refractivity contribution in [3.63, 3.8) is 0 Å². The summed E-state index contributed by atoms with van der Waals surface area (Å²) in [5.41, 5.74) is 2.07. The maximum atomic E-state index is 13.3. The molecule has 0 aliphatic heterocycles. The van der Waals surface area contributed by atoms with Crippen molar-refractivity contribution in [2.24, 2.45) is 0 Å². The molecule has 3 aromatic rings. The van der Waals surface area contributed by atoms with Gasteiger partial charge in [-0.15, -0.1) is 0 Å². The minimum Gasteiger partial charge on any atom is -0.352 e. The molecule has 2 amide bonds. The van der Waals surface area contributed by atoms with E-state index in [1.807, 2.05) is 44.2 Å². The predicted molar refractivity (Wildman–Crippen MR) is 127 cm³/mol. The van der Waals surface area contributed by atoms with Gasteiger partial charge in [-0.1, -0.05) is 66.2 Å². The molecule has 0 heterocycles. The number of fused-ring (bicyclic) bond motifs is 1. The van der Waals surface area contributed by atoms with Crippen LogP contribution >= 0.6 is 11.6 Å². The van der Waals surface area contributed by atoms with Crippen LogP contribution in [0.25, 0.3) is 10.8 Å². The first-order valence-electron chi connectivity index (χ1n) is 10.7. The highest BCUT2D eigenvalue weighted by molar-refractivity contribution is 6.30. The summed E-state index contributed by atoms with van der Waals surface area (Å²) in [6.45, 7) is 5.97. The summed E-state index contributed by atoms with van der Waals surface area (Å²) in [7, 11) is 0. The highest BCUT2D eigenvalue weighted by atomic mass is 35.5. The normalized spacial score (nSPS) is 12.0. The van der Waals surface area contributed by atoms with E-state index in [1.165, 1.54) is 0 Å². The van der Waals surface area contributed by atoms with Crippen molar-refractivity contribution in [1.29, 1.82) is 0 Å². The van der Waals surface area contributed by atoms with Gasteiger partial charge in [0, 0.05) is 24.0 Å². The Morgan fingerprint density at radius 1 is 0.935 bits per heavy atom. The second-order valence-electron chi connectivity index (χ2n) is 8.13. The molecule has 4 nitrogen and oxygen atoms in total. The lowest BCUT2D eigenvalue weighted by Gasteiger charge is -2.29. The van der Waals surface area contributed by atoms with Crippen LogP contribution in [0.15, 0.2) is 66.7 Å². The Morgan fingerprint density at radius 2 is 1.61 bits per heavy atom.